The van der Waals surface area contributed by atoms with Crippen molar-refractivity contribution in [2.24, 2.45) is 5.92 Å². The molecule has 0 spiro atoms. The third-order valence-electron chi connectivity index (χ3n) is 3.49. The number of thioether (sulfide) groups is 1. The SMILES string of the molecule is CC(C)Cn1c(SCC(=O)c2cccc(F)c2)nnc1-c1ccco1. The topological polar surface area (TPSA) is 60.9 Å². The number of carbonyl (C=O) groups excluding carboxylic acids is 1. The van der Waals surface area contributed by atoms with Gasteiger partial charge in [-0.2, -0.15) is 0 Å². The fourth-order valence-electron chi connectivity index (χ4n) is 2.39. The molecular formula is C18H18FN3O2S. The van der Waals surface area contributed by atoms with Gasteiger partial charge in [0, 0.05) is 12.1 Å². The van der Waals surface area contributed by atoms with E-state index in [1.54, 1.807) is 18.4 Å². The zero-order valence-electron chi connectivity index (χ0n) is 14.0. The largest absolute Gasteiger partial charge is 0.461 e. The quantitative estimate of drug-likeness (QED) is 0.465. The zero-order valence-corrected chi connectivity index (χ0v) is 14.8. The van der Waals surface area contributed by atoms with Crippen molar-refractivity contribution in [3.05, 3.63) is 54.0 Å². The summed E-state index contributed by atoms with van der Waals surface area (Å²) in [7, 11) is 0. The number of Topliss-reactive ketones (excluding diaryl/α,β-unsaturated/α-hetero) is 1. The average molecular weight is 359 g/mol. The Morgan fingerprint density at radius 3 is 2.80 bits per heavy atom. The summed E-state index contributed by atoms with van der Waals surface area (Å²) < 4.78 is 20.6. The molecule has 1 aromatic carbocycles. The Morgan fingerprint density at radius 2 is 2.12 bits per heavy atom. The van der Waals surface area contributed by atoms with Crippen molar-refractivity contribution in [2.75, 3.05) is 5.75 Å². The highest BCUT2D eigenvalue weighted by atomic mass is 32.2. The van der Waals surface area contributed by atoms with Crippen LogP contribution in [0.15, 0.2) is 52.2 Å². The normalized spacial score (nSPS) is 11.2. The molecule has 0 bridgehead atoms. The minimum Gasteiger partial charge on any atom is -0.461 e. The fourth-order valence-corrected chi connectivity index (χ4v) is 3.23. The summed E-state index contributed by atoms with van der Waals surface area (Å²) in [6, 6.07) is 9.33. The van der Waals surface area contributed by atoms with Gasteiger partial charge >= 0.3 is 0 Å². The maximum atomic E-state index is 13.3. The molecule has 2 heterocycles. The second kappa shape index (κ2) is 7.65. The first kappa shape index (κ1) is 17.4. The highest BCUT2D eigenvalue weighted by molar-refractivity contribution is 7.99. The highest BCUT2D eigenvalue weighted by Crippen LogP contribution is 2.26. The van der Waals surface area contributed by atoms with E-state index in [9.17, 15) is 9.18 Å². The molecule has 0 saturated heterocycles. The van der Waals surface area contributed by atoms with Crippen LogP contribution in [0.4, 0.5) is 4.39 Å². The van der Waals surface area contributed by atoms with Gasteiger partial charge in [0.05, 0.1) is 12.0 Å². The van der Waals surface area contributed by atoms with E-state index in [-0.39, 0.29) is 11.5 Å². The van der Waals surface area contributed by atoms with Crippen LogP contribution in [0.2, 0.25) is 0 Å². The lowest BCUT2D eigenvalue weighted by Crippen LogP contribution is -2.09. The monoisotopic (exact) mass is 359 g/mol. The second-order valence-corrected chi connectivity index (χ2v) is 6.95. The van der Waals surface area contributed by atoms with Crippen LogP contribution in [-0.2, 0) is 6.54 Å². The summed E-state index contributed by atoms with van der Waals surface area (Å²) in [5, 5.41) is 9.04. The lowest BCUT2D eigenvalue weighted by molar-refractivity contribution is 0.102. The van der Waals surface area contributed by atoms with Crippen molar-refractivity contribution in [2.45, 2.75) is 25.5 Å². The summed E-state index contributed by atoms with van der Waals surface area (Å²) in [5.41, 5.74) is 0.355. The Balaban J connectivity index is 1.79. The molecule has 0 aliphatic heterocycles. The van der Waals surface area contributed by atoms with Crippen molar-refractivity contribution in [3.8, 4) is 11.6 Å². The van der Waals surface area contributed by atoms with E-state index in [0.29, 0.717) is 34.8 Å². The molecule has 0 amide bonds. The van der Waals surface area contributed by atoms with Gasteiger partial charge in [-0.1, -0.05) is 37.7 Å². The van der Waals surface area contributed by atoms with Gasteiger partial charge in [-0.15, -0.1) is 10.2 Å². The third kappa shape index (κ3) is 4.17. The van der Waals surface area contributed by atoms with Gasteiger partial charge in [0.15, 0.2) is 22.5 Å². The van der Waals surface area contributed by atoms with Gasteiger partial charge < -0.3 is 4.42 Å². The van der Waals surface area contributed by atoms with Crippen molar-refractivity contribution >= 4 is 17.5 Å². The van der Waals surface area contributed by atoms with E-state index in [4.69, 9.17) is 4.42 Å². The van der Waals surface area contributed by atoms with Gasteiger partial charge in [0.2, 0.25) is 0 Å². The molecule has 0 atom stereocenters. The minimum absolute atomic E-state index is 0.150. The van der Waals surface area contributed by atoms with Crippen LogP contribution in [0, 0.1) is 11.7 Å². The standard InChI is InChI=1S/C18H18FN3O2S/c1-12(2)10-22-17(16-7-4-8-24-16)20-21-18(22)25-11-15(23)13-5-3-6-14(19)9-13/h3-9,12H,10-11H2,1-2H3. The van der Waals surface area contributed by atoms with E-state index < -0.39 is 5.82 Å². The lowest BCUT2D eigenvalue weighted by Gasteiger charge is -2.11. The second-order valence-electron chi connectivity index (χ2n) is 6.01. The minimum atomic E-state index is -0.418. The number of furan rings is 1. The van der Waals surface area contributed by atoms with Crippen LogP contribution in [0.1, 0.15) is 24.2 Å². The van der Waals surface area contributed by atoms with Gasteiger partial charge in [-0.3, -0.25) is 9.36 Å². The number of halogens is 1. The predicted molar refractivity (Wildman–Crippen MR) is 94.0 cm³/mol. The fraction of sp³-hybridized carbons (Fsp3) is 0.278. The first-order valence-corrected chi connectivity index (χ1v) is 8.92. The summed E-state index contributed by atoms with van der Waals surface area (Å²) >= 11 is 1.29. The summed E-state index contributed by atoms with van der Waals surface area (Å²) in [6.45, 7) is 4.90. The molecule has 3 rings (SSSR count). The Bertz CT molecular complexity index is 859. The maximum Gasteiger partial charge on any atom is 0.200 e. The number of carbonyl (C=O) groups is 1. The van der Waals surface area contributed by atoms with E-state index in [0.717, 1.165) is 0 Å². The molecule has 0 aliphatic rings. The highest BCUT2D eigenvalue weighted by Gasteiger charge is 2.18. The Morgan fingerprint density at radius 1 is 1.28 bits per heavy atom. The molecule has 0 fully saturated rings. The molecule has 0 aliphatic carbocycles. The molecule has 0 unspecified atom stereocenters. The van der Waals surface area contributed by atoms with Crippen LogP contribution < -0.4 is 0 Å². The number of rotatable bonds is 7. The molecule has 0 saturated carbocycles. The van der Waals surface area contributed by atoms with Crippen molar-refractivity contribution in [1.82, 2.24) is 14.8 Å². The number of hydrogen-bond donors (Lipinski definition) is 0. The van der Waals surface area contributed by atoms with Crippen LogP contribution in [0.25, 0.3) is 11.6 Å². The Hall–Kier alpha value is -2.41. The molecule has 7 heteroatoms. The Labute approximate surface area is 149 Å². The predicted octanol–water partition coefficient (Wildman–Crippen LogP) is 4.31. The molecule has 0 radical (unpaired) electrons. The van der Waals surface area contributed by atoms with Crippen molar-refractivity contribution in [3.63, 3.8) is 0 Å². The van der Waals surface area contributed by atoms with Gasteiger partial charge in [-0.05, 0) is 30.2 Å². The number of nitrogens with zero attached hydrogens (tertiary/aromatic N) is 3. The smallest absolute Gasteiger partial charge is 0.200 e. The van der Waals surface area contributed by atoms with E-state index >= 15 is 0 Å². The third-order valence-corrected chi connectivity index (χ3v) is 4.45. The molecule has 25 heavy (non-hydrogen) atoms. The molecule has 5 nitrogen and oxygen atoms in total. The van der Waals surface area contributed by atoms with Crippen LogP contribution in [-0.4, -0.2) is 26.3 Å². The van der Waals surface area contributed by atoms with Crippen LogP contribution >= 0.6 is 11.8 Å². The van der Waals surface area contributed by atoms with Crippen molar-refractivity contribution in [1.29, 1.82) is 0 Å². The molecule has 0 N–H and O–H groups in total. The van der Waals surface area contributed by atoms with Crippen molar-refractivity contribution < 1.29 is 13.6 Å². The molecule has 2 aromatic heterocycles. The summed E-state index contributed by atoms with van der Waals surface area (Å²) in [5.74, 6) is 1.25. The Kier molecular flexibility index (Phi) is 5.33. The number of hydrogen-bond acceptors (Lipinski definition) is 5. The molecule has 130 valence electrons. The maximum absolute atomic E-state index is 13.3. The van der Waals surface area contributed by atoms with Gasteiger partial charge in [-0.25, -0.2) is 4.39 Å². The number of benzene rings is 1. The van der Waals surface area contributed by atoms with E-state index in [1.807, 2.05) is 10.6 Å². The van der Waals surface area contributed by atoms with E-state index in [1.165, 1.54) is 30.0 Å². The molecule has 3 aromatic rings. The molecular weight excluding hydrogens is 341 g/mol. The van der Waals surface area contributed by atoms with Crippen LogP contribution in [0.3, 0.4) is 0 Å². The first-order chi connectivity index (χ1) is 12.0. The summed E-state index contributed by atoms with van der Waals surface area (Å²) in [4.78, 5) is 12.3. The van der Waals surface area contributed by atoms with Gasteiger partial charge in [0.25, 0.3) is 0 Å². The lowest BCUT2D eigenvalue weighted by atomic mass is 10.1. The average Bonchev–Trinajstić information content (AvgIpc) is 3.22. The zero-order chi connectivity index (χ0) is 17.8. The van der Waals surface area contributed by atoms with Crippen LogP contribution in [0.5, 0.6) is 0 Å². The summed E-state index contributed by atoms with van der Waals surface area (Å²) in [6.07, 6.45) is 1.59. The van der Waals surface area contributed by atoms with E-state index in [2.05, 4.69) is 24.0 Å². The number of aromatic nitrogens is 3. The van der Waals surface area contributed by atoms with Gasteiger partial charge in [0.1, 0.15) is 5.82 Å². The first-order valence-electron chi connectivity index (χ1n) is 7.93. The number of ketones is 1.